The monoisotopic (exact) mass is 481 g/mol. The molecule has 1 heterocycles. The van der Waals surface area contributed by atoms with E-state index in [4.69, 9.17) is 11.6 Å². The van der Waals surface area contributed by atoms with Crippen molar-refractivity contribution in [3.8, 4) is 0 Å². The van der Waals surface area contributed by atoms with Crippen molar-refractivity contribution in [2.75, 3.05) is 6.54 Å². The molecule has 4 nitrogen and oxygen atoms in total. The van der Waals surface area contributed by atoms with Gasteiger partial charge in [0.2, 0.25) is 0 Å². The SMILES string of the molecule is C=C(NN1C(=O)CN(Cc2ccccc2)[C@H]1c1cccc(Br)c1)c1ccc(Cl)cc1. The van der Waals surface area contributed by atoms with E-state index in [0.717, 1.165) is 21.2 Å². The molecule has 0 aliphatic carbocycles. The number of nitrogens with zero attached hydrogens (tertiary/aromatic N) is 2. The first-order valence-corrected chi connectivity index (χ1v) is 10.8. The summed E-state index contributed by atoms with van der Waals surface area (Å²) < 4.78 is 0.968. The summed E-state index contributed by atoms with van der Waals surface area (Å²) in [4.78, 5) is 15.2. The van der Waals surface area contributed by atoms with E-state index in [1.54, 1.807) is 5.01 Å². The molecule has 0 unspecified atom stereocenters. The summed E-state index contributed by atoms with van der Waals surface area (Å²) in [6.07, 6.45) is -0.265. The Labute approximate surface area is 189 Å². The van der Waals surface area contributed by atoms with Gasteiger partial charge in [-0.1, -0.05) is 88.7 Å². The normalized spacial score (nSPS) is 16.7. The van der Waals surface area contributed by atoms with Gasteiger partial charge in [-0.3, -0.25) is 15.1 Å². The average Bonchev–Trinajstić information content (AvgIpc) is 3.04. The summed E-state index contributed by atoms with van der Waals surface area (Å²) >= 11 is 9.55. The van der Waals surface area contributed by atoms with Crippen LogP contribution in [0.1, 0.15) is 22.9 Å². The van der Waals surface area contributed by atoms with Crippen LogP contribution < -0.4 is 5.43 Å². The van der Waals surface area contributed by atoms with Crippen LogP contribution in [0.2, 0.25) is 5.02 Å². The highest BCUT2D eigenvalue weighted by atomic mass is 79.9. The van der Waals surface area contributed by atoms with Crippen LogP contribution in [0.15, 0.2) is 89.9 Å². The Bertz CT molecular complexity index is 1060. The maximum Gasteiger partial charge on any atom is 0.257 e. The Kier molecular flexibility index (Phi) is 6.23. The van der Waals surface area contributed by atoms with Gasteiger partial charge in [-0.25, -0.2) is 5.01 Å². The lowest BCUT2D eigenvalue weighted by atomic mass is 10.1. The zero-order valence-corrected chi connectivity index (χ0v) is 18.6. The third-order valence-corrected chi connectivity index (χ3v) is 5.77. The predicted octanol–water partition coefficient (Wildman–Crippen LogP) is 5.62. The second-order valence-corrected chi connectivity index (χ2v) is 8.53. The molecule has 6 heteroatoms. The molecule has 1 amide bonds. The number of benzene rings is 3. The lowest BCUT2D eigenvalue weighted by molar-refractivity contribution is -0.130. The van der Waals surface area contributed by atoms with Crippen LogP contribution in [-0.4, -0.2) is 22.4 Å². The quantitative estimate of drug-likeness (QED) is 0.495. The number of hydrogen-bond donors (Lipinski definition) is 1. The molecule has 0 bridgehead atoms. The Morgan fingerprint density at radius 1 is 1.07 bits per heavy atom. The fourth-order valence-electron chi connectivity index (χ4n) is 3.61. The first-order chi connectivity index (χ1) is 14.5. The zero-order chi connectivity index (χ0) is 21.1. The number of carbonyl (C=O) groups excluding carboxylic acids is 1. The van der Waals surface area contributed by atoms with Gasteiger partial charge in [-0.15, -0.1) is 0 Å². The molecule has 4 rings (SSSR count). The molecule has 3 aromatic carbocycles. The number of carbonyl (C=O) groups is 1. The van der Waals surface area contributed by atoms with E-state index >= 15 is 0 Å². The van der Waals surface area contributed by atoms with Gasteiger partial charge in [0.15, 0.2) is 0 Å². The van der Waals surface area contributed by atoms with E-state index < -0.39 is 0 Å². The largest absolute Gasteiger partial charge is 0.294 e. The molecular formula is C24H21BrClN3O. The van der Waals surface area contributed by atoms with Gasteiger partial charge in [0, 0.05) is 16.0 Å². The van der Waals surface area contributed by atoms with Gasteiger partial charge < -0.3 is 0 Å². The molecular weight excluding hydrogens is 462 g/mol. The minimum atomic E-state index is -0.265. The van der Waals surface area contributed by atoms with Gasteiger partial charge >= 0.3 is 0 Å². The second-order valence-electron chi connectivity index (χ2n) is 7.18. The van der Waals surface area contributed by atoms with Gasteiger partial charge in [0.05, 0.1) is 12.2 Å². The lowest BCUT2D eigenvalue weighted by Crippen LogP contribution is -2.41. The van der Waals surface area contributed by atoms with E-state index in [2.05, 4.69) is 45.0 Å². The number of hydrazine groups is 1. The highest BCUT2D eigenvalue weighted by molar-refractivity contribution is 9.10. The molecule has 0 saturated carbocycles. The van der Waals surface area contributed by atoms with Crippen LogP contribution in [0.25, 0.3) is 5.70 Å². The summed E-state index contributed by atoms with van der Waals surface area (Å²) in [6, 6.07) is 25.6. The summed E-state index contributed by atoms with van der Waals surface area (Å²) in [7, 11) is 0. The van der Waals surface area contributed by atoms with Gasteiger partial charge in [0.1, 0.15) is 6.17 Å². The molecule has 30 heavy (non-hydrogen) atoms. The van der Waals surface area contributed by atoms with Crippen LogP contribution in [0.3, 0.4) is 0 Å². The van der Waals surface area contributed by atoms with Crippen molar-refractivity contribution in [3.63, 3.8) is 0 Å². The molecule has 1 saturated heterocycles. The number of amides is 1. The number of halogens is 2. The molecule has 1 N–H and O–H groups in total. The molecule has 1 fully saturated rings. The van der Waals surface area contributed by atoms with Crippen molar-refractivity contribution in [1.29, 1.82) is 0 Å². The van der Waals surface area contributed by atoms with Crippen LogP contribution in [0.4, 0.5) is 0 Å². The minimum absolute atomic E-state index is 0.00831. The highest BCUT2D eigenvalue weighted by Gasteiger charge is 2.39. The maximum absolute atomic E-state index is 13.0. The van der Waals surface area contributed by atoms with Crippen molar-refractivity contribution >= 4 is 39.1 Å². The number of nitrogens with one attached hydrogen (secondary N) is 1. The summed E-state index contributed by atoms with van der Waals surface area (Å²) in [5.74, 6) is -0.00831. The average molecular weight is 483 g/mol. The van der Waals surface area contributed by atoms with Crippen molar-refractivity contribution in [3.05, 3.63) is 112 Å². The van der Waals surface area contributed by atoms with Crippen LogP contribution in [-0.2, 0) is 11.3 Å². The fraction of sp³-hybridized carbons (Fsp3) is 0.125. The molecule has 1 aliphatic rings. The lowest BCUT2D eigenvalue weighted by Gasteiger charge is -2.31. The fourth-order valence-corrected chi connectivity index (χ4v) is 4.15. The van der Waals surface area contributed by atoms with Gasteiger partial charge in [0.25, 0.3) is 5.91 Å². The Hall–Kier alpha value is -2.60. The topological polar surface area (TPSA) is 35.6 Å². The molecule has 0 spiro atoms. The predicted molar refractivity (Wildman–Crippen MR) is 124 cm³/mol. The highest BCUT2D eigenvalue weighted by Crippen LogP contribution is 2.33. The number of rotatable bonds is 6. The van der Waals surface area contributed by atoms with Crippen molar-refractivity contribution < 1.29 is 4.79 Å². The first kappa shape index (κ1) is 20.7. The van der Waals surface area contributed by atoms with E-state index in [1.165, 1.54) is 0 Å². The smallest absolute Gasteiger partial charge is 0.257 e. The standard InChI is InChI=1S/C24H21BrClN3O/c1-17(19-10-12-22(26)13-11-19)27-29-23(30)16-28(15-18-6-3-2-4-7-18)24(29)20-8-5-9-21(25)14-20/h2-14,24,27H,1,15-16H2/t24-/m1/s1. The van der Waals surface area contributed by atoms with Gasteiger partial charge in [-0.2, -0.15) is 0 Å². The summed E-state index contributed by atoms with van der Waals surface area (Å²) in [6.45, 7) is 5.11. The molecule has 0 radical (unpaired) electrons. The first-order valence-electron chi connectivity index (χ1n) is 9.58. The van der Waals surface area contributed by atoms with Crippen LogP contribution in [0, 0.1) is 0 Å². The van der Waals surface area contributed by atoms with Gasteiger partial charge in [-0.05, 0) is 41.0 Å². The van der Waals surface area contributed by atoms with Crippen molar-refractivity contribution in [2.24, 2.45) is 0 Å². The Morgan fingerprint density at radius 3 is 2.50 bits per heavy atom. The van der Waals surface area contributed by atoms with Crippen LogP contribution in [0.5, 0.6) is 0 Å². The van der Waals surface area contributed by atoms with E-state index in [0.29, 0.717) is 23.8 Å². The zero-order valence-electron chi connectivity index (χ0n) is 16.3. The molecule has 1 aliphatic heterocycles. The van der Waals surface area contributed by atoms with Crippen LogP contribution >= 0.6 is 27.5 Å². The third kappa shape index (κ3) is 4.59. The third-order valence-electron chi connectivity index (χ3n) is 5.02. The molecule has 152 valence electrons. The summed E-state index contributed by atoms with van der Waals surface area (Å²) in [5, 5.41) is 2.33. The maximum atomic E-state index is 13.0. The minimum Gasteiger partial charge on any atom is -0.294 e. The van der Waals surface area contributed by atoms with E-state index in [9.17, 15) is 4.79 Å². The van der Waals surface area contributed by atoms with Crippen molar-refractivity contribution in [1.82, 2.24) is 15.3 Å². The van der Waals surface area contributed by atoms with E-state index in [1.807, 2.05) is 66.7 Å². The number of hydrogen-bond acceptors (Lipinski definition) is 3. The summed E-state index contributed by atoms with van der Waals surface area (Å²) in [5.41, 5.74) is 6.93. The second kappa shape index (κ2) is 9.04. The Balaban J connectivity index is 1.64. The molecule has 3 aromatic rings. The van der Waals surface area contributed by atoms with E-state index in [-0.39, 0.29) is 12.1 Å². The molecule has 1 atom stereocenters. The van der Waals surface area contributed by atoms with Crippen molar-refractivity contribution in [2.45, 2.75) is 12.7 Å². The Morgan fingerprint density at radius 2 is 1.80 bits per heavy atom. The molecule has 0 aromatic heterocycles.